The monoisotopic (exact) mass is 320 g/mol. The third-order valence-electron chi connectivity index (χ3n) is 2.66. The molecule has 100 valence electrons. The van der Waals surface area contributed by atoms with Crippen LogP contribution in [0, 0.1) is 6.92 Å². The standard InChI is InChI=1S/C15H17BrN2O/c1-11-5-7-13(8-6-11)19-10-12(2)18-15-14(16)4-3-9-17-15/h3-9,12H,10H2,1-2H3,(H,17,18). The zero-order chi connectivity index (χ0) is 13.7. The third kappa shape index (κ3) is 4.24. The van der Waals surface area contributed by atoms with E-state index in [9.17, 15) is 0 Å². The lowest BCUT2D eigenvalue weighted by Gasteiger charge is -2.16. The van der Waals surface area contributed by atoms with E-state index in [0.29, 0.717) is 6.61 Å². The van der Waals surface area contributed by atoms with Crippen molar-refractivity contribution in [3.63, 3.8) is 0 Å². The van der Waals surface area contributed by atoms with Crippen molar-refractivity contribution in [1.29, 1.82) is 0 Å². The summed E-state index contributed by atoms with van der Waals surface area (Å²) in [6.07, 6.45) is 1.76. The molecule has 19 heavy (non-hydrogen) atoms. The lowest BCUT2D eigenvalue weighted by Crippen LogP contribution is -2.24. The molecular weight excluding hydrogens is 304 g/mol. The molecule has 0 bridgehead atoms. The molecule has 0 aliphatic carbocycles. The number of hydrogen-bond acceptors (Lipinski definition) is 3. The molecule has 1 aromatic heterocycles. The summed E-state index contributed by atoms with van der Waals surface area (Å²) in [5.74, 6) is 1.72. The zero-order valence-corrected chi connectivity index (χ0v) is 12.6. The van der Waals surface area contributed by atoms with Crippen LogP contribution in [0.3, 0.4) is 0 Å². The van der Waals surface area contributed by atoms with Crippen LogP contribution in [0.15, 0.2) is 47.1 Å². The molecule has 0 amide bonds. The zero-order valence-electron chi connectivity index (χ0n) is 11.1. The average molecular weight is 321 g/mol. The van der Waals surface area contributed by atoms with Crippen LogP contribution >= 0.6 is 15.9 Å². The molecule has 1 aromatic carbocycles. The van der Waals surface area contributed by atoms with Gasteiger partial charge in [-0.05, 0) is 54.0 Å². The summed E-state index contributed by atoms with van der Waals surface area (Å²) in [5, 5.41) is 3.31. The highest BCUT2D eigenvalue weighted by atomic mass is 79.9. The van der Waals surface area contributed by atoms with Crippen LogP contribution in [0.2, 0.25) is 0 Å². The lowest BCUT2D eigenvalue weighted by molar-refractivity contribution is 0.303. The van der Waals surface area contributed by atoms with Crippen LogP contribution in [0.5, 0.6) is 5.75 Å². The highest BCUT2D eigenvalue weighted by Crippen LogP contribution is 2.19. The Bertz CT molecular complexity index is 528. The van der Waals surface area contributed by atoms with Gasteiger partial charge in [-0.2, -0.15) is 0 Å². The number of nitrogens with zero attached hydrogens (tertiary/aromatic N) is 1. The molecule has 0 saturated carbocycles. The van der Waals surface area contributed by atoms with Gasteiger partial charge < -0.3 is 10.1 Å². The highest BCUT2D eigenvalue weighted by Gasteiger charge is 2.06. The number of benzene rings is 1. The van der Waals surface area contributed by atoms with Crippen LogP contribution in [0.4, 0.5) is 5.82 Å². The third-order valence-corrected chi connectivity index (χ3v) is 3.30. The first-order valence-electron chi connectivity index (χ1n) is 6.21. The quantitative estimate of drug-likeness (QED) is 0.903. The highest BCUT2D eigenvalue weighted by molar-refractivity contribution is 9.10. The van der Waals surface area contributed by atoms with E-state index in [1.165, 1.54) is 5.56 Å². The lowest BCUT2D eigenvalue weighted by atomic mass is 10.2. The SMILES string of the molecule is Cc1ccc(OCC(C)Nc2ncccc2Br)cc1. The van der Waals surface area contributed by atoms with Gasteiger partial charge in [-0.1, -0.05) is 17.7 Å². The maximum absolute atomic E-state index is 5.73. The molecule has 1 N–H and O–H groups in total. The predicted octanol–water partition coefficient (Wildman–Crippen LogP) is 4.03. The summed E-state index contributed by atoms with van der Waals surface area (Å²) in [7, 11) is 0. The number of pyridine rings is 1. The second-order valence-electron chi connectivity index (χ2n) is 4.50. The fourth-order valence-electron chi connectivity index (χ4n) is 1.62. The van der Waals surface area contributed by atoms with E-state index >= 15 is 0 Å². The van der Waals surface area contributed by atoms with Crippen molar-refractivity contribution in [3.8, 4) is 5.75 Å². The van der Waals surface area contributed by atoms with Crippen molar-refractivity contribution >= 4 is 21.7 Å². The van der Waals surface area contributed by atoms with Gasteiger partial charge in [0, 0.05) is 6.20 Å². The average Bonchev–Trinajstić information content (AvgIpc) is 2.41. The molecule has 4 heteroatoms. The molecule has 0 spiro atoms. The summed E-state index contributed by atoms with van der Waals surface area (Å²) in [6, 6.07) is 12.1. The maximum Gasteiger partial charge on any atom is 0.140 e. The maximum atomic E-state index is 5.73. The van der Waals surface area contributed by atoms with Gasteiger partial charge in [-0.15, -0.1) is 0 Å². The fourth-order valence-corrected chi connectivity index (χ4v) is 1.99. The Hall–Kier alpha value is -1.55. The summed E-state index contributed by atoms with van der Waals surface area (Å²) < 4.78 is 6.69. The number of hydrogen-bond donors (Lipinski definition) is 1. The molecule has 0 fully saturated rings. The normalized spacial score (nSPS) is 11.9. The van der Waals surface area contributed by atoms with Crippen LogP contribution in [0.1, 0.15) is 12.5 Å². The van der Waals surface area contributed by atoms with Gasteiger partial charge in [0.25, 0.3) is 0 Å². The van der Waals surface area contributed by atoms with Gasteiger partial charge in [-0.3, -0.25) is 0 Å². The van der Waals surface area contributed by atoms with E-state index in [4.69, 9.17) is 4.74 Å². The largest absolute Gasteiger partial charge is 0.491 e. The fraction of sp³-hybridized carbons (Fsp3) is 0.267. The Morgan fingerprint density at radius 3 is 2.68 bits per heavy atom. The second-order valence-corrected chi connectivity index (χ2v) is 5.36. The van der Waals surface area contributed by atoms with Crippen LogP contribution in [0.25, 0.3) is 0 Å². The summed E-state index contributed by atoms with van der Waals surface area (Å²) in [4.78, 5) is 4.27. The molecule has 3 nitrogen and oxygen atoms in total. The molecule has 0 saturated heterocycles. The van der Waals surface area contributed by atoms with Crippen molar-refractivity contribution in [1.82, 2.24) is 4.98 Å². The number of rotatable bonds is 5. The van der Waals surface area contributed by atoms with Gasteiger partial charge in [-0.25, -0.2) is 4.98 Å². The number of halogens is 1. The second kappa shape index (κ2) is 6.57. The Morgan fingerprint density at radius 1 is 1.26 bits per heavy atom. The first kappa shape index (κ1) is 13.9. The number of aryl methyl sites for hydroxylation is 1. The Morgan fingerprint density at radius 2 is 2.00 bits per heavy atom. The first-order valence-corrected chi connectivity index (χ1v) is 7.01. The summed E-state index contributed by atoms with van der Waals surface area (Å²) >= 11 is 3.46. The minimum atomic E-state index is 0.174. The molecule has 0 aliphatic heterocycles. The Kier molecular flexibility index (Phi) is 4.80. The molecule has 0 radical (unpaired) electrons. The van der Waals surface area contributed by atoms with E-state index in [1.54, 1.807) is 6.20 Å². The van der Waals surface area contributed by atoms with Gasteiger partial charge in [0.05, 0.1) is 10.5 Å². The smallest absolute Gasteiger partial charge is 0.140 e. The van der Waals surface area contributed by atoms with Gasteiger partial charge >= 0.3 is 0 Å². The van der Waals surface area contributed by atoms with Crippen molar-refractivity contribution in [2.24, 2.45) is 0 Å². The van der Waals surface area contributed by atoms with Crippen molar-refractivity contribution in [3.05, 3.63) is 52.6 Å². The number of ether oxygens (including phenoxy) is 1. The molecule has 2 aromatic rings. The summed E-state index contributed by atoms with van der Waals surface area (Å²) in [5.41, 5.74) is 1.23. The Labute approximate surface area is 122 Å². The van der Waals surface area contributed by atoms with E-state index in [2.05, 4.69) is 40.1 Å². The van der Waals surface area contributed by atoms with E-state index < -0.39 is 0 Å². The van der Waals surface area contributed by atoms with E-state index in [-0.39, 0.29) is 6.04 Å². The minimum absolute atomic E-state index is 0.174. The summed E-state index contributed by atoms with van der Waals surface area (Å²) in [6.45, 7) is 4.72. The van der Waals surface area contributed by atoms with Crippen molar-refractivity contribution in [2.75, 3.05) is 11.9 Å². The van der Waals surface area contributed by atoms with Crippen LogP contribution in [-0.2, 0) is 0 Å². The molecule has 1 atom stereocenters. The molecule has 1 unspecified atom stereocenters. The van der Waals surface area contributed by atoms with Crippen molar-refractivity contribution < 1.29 is 4.74 Å². The number of aromatic nitrogens is 1. The minimum Gasteiger partial charge on any atom is -0.491 e. The molecule has 1 heterocycles. The molecular formula is C15H17BrN2O. The van der Waals surface area contributed by atoms with Crippen molar-refractivity contribution in [2.45, 2.75) is 19.9 Å². The van der Waals surface area contributed by atoms with Crippen LogP contribution in [-0.4, -0.2) is 17.6 Å². The topological polar surface area (TPSA) is 34.1 Å². The number of nitrogens with one attached hydrogen (secondary N) is 1. The Balaban J connectivity index is 1.86. The van der Waals surface area contributed by atoms with Crippen LogP contribution < -0.4 is 10.1 Å². The van der Waals surface area contributed by atoms with E-state index in [0.717, 1.165) is 16.0 Å². The first-order chi connectivity index (χ1) is 9.15. The molecule has 0 aliphatic rings. The number of anilines is 1. The van der Waals surface area contributed by atoms with Gasteiger partial charge in [0.2, 0.25) is 0 Å². The molecule has 2 rings (SSSR count). The van der Waals surface area contributed by atoms with Gasteiger partial charge in [0.1, 0.15) is 18.2 Å². The predicted molar refractivity (Wildman–Crippen MR) is 81.7 cm³/mol. The van der Waals surface area contributed by atoms with Gasteiger partial charge in [0.15, 0.2) is 0 Å². The van der Waals surface area contributed by atoms with E-state index in [1.807, 2.05) is 36.4 Å².